The van der Waals surface area contributed by atoms with Gasteiger partial charge in [0.2, 0.25) is 10.0 Å². The predicted octanol–water partition coefficient (Wildman–Crippen LogP) is 0.989. The highest BCUT2D eigenvalue weighted by molar-refractivity contribution is 7.89. The number of ether oxygens (including phenoxy) is 1. The number of hydrogen-bond donors (Lipinski definition) is 0. The molecule has 20 heavy (non-hydrogen) atoms. The lowest BCUT2D eigenvalue weighted by atomic mass is 9.98. The summed E-state index contributed by atoms with van der Waals surface area (Å²) in [5.41, 5.74) is 0. The summed E-state index contributed by atoms with van der Waals surface area (Å²) in [5, 5.41) is 0. The maximum absolute atomic E-state index is 12.4. The van der Waals surface area contributed by atoms with Crippen molar-refractivity contribution in [1.29, 1.82) is 0 Å². The second-order valence-electron chi connectivity index (χ2n) is 4.94. The lowest BCUT2D eigenvalue weighted by Gasteiger charge is -2.29. The van der Waals surface area contributed by atoms with Gasteiger partial charge in [0.15, 0.2) is 0 Å². The SMILES string of the molecule is CCOC(=O)C1CCN(S(=O)(=O)c2ccn(C)c2)CC1. The highest BCUT2D eigenvalue weighted by Gasteiger charge is 2.32. The van der Waals surface area contributed by atoms with E-state index in [1.54, 1.807) is 37.0 Å². The standard InChI is InChI=1S/C13H20N2O4S/c1-3-19-13(16)11-4-8-15(9-5-11)20(17,18)12-6-7-14(2)10-12/h6-7,10-11H,3-5,8-9H2,1-2H3. The molecule has 0 atom stereocenters. The van der Waals surface area contributed by atoms with Gasteiger partial charge in [-0.2, -0.15) is 4.31 Å². The Morgan fingerprint density at radius 2 is 2.05 bits per heavy atom. The predicted molar refractivity (Wildman–Crippen MR) is 73.5 cm³/mol. The minimum Gasteiger partial charge on any atom is -0.466 e. The molecule has 0 saturated carbocycles. The van der Waals surface area contributed by atoms with Crippen LogP contribution >= 0.6 is 0 Å². The second-order valence-corrected chi connectivity index (χ2v) is 6.88. The average Bonchev–Trinajstić information content (AvgIpc) is 2.86. The van der Waals surface area contributed by atoms with Crippen molar-refractivity contribution in [2.75, 3.05) is 19.7 Å². The topological polar surface area (TPSA) is 68.6 Å². The largest absolute Gasteiger partial charge is 0.466 e. The zero-order valence-corrected chi connectivity index (χ0v) is 12.6. The van der Waals surface area contributed by atoms with Gasteiger partial charge in [-0.1, -0.05) is 0 Å². The van der Waals surface area contributed by atoms with E-state index in [4.69, 9.17) is 4.74 Å². The molecule has 0 bridgehead atoms. The molecule has 7 heteroatoms. The molecule has 0 unspecified atom stereocenters. The van der Waals surface area contributed by atoms with E-state index in [1.807, 2.05) is 0 Å². The summed E-state index contributed by atoms with van der Waals surface area (Å²) in [6, 6.07) is 1.59. The number of sulfonamides is 1. The van der Waals surface area contributed by atoms with Gasteiger partial charge in [0.1, 0.15) is 0 Å². The minimum absolute atomic E-state index is 0.183. The number of carbonyl (C=O) groups excluding carboxylic acids is 1. The van der Waals surface area contributed by atoms with Crippen molar-refractivity contribution in [2.24, 2.45) is 13.0 Å². The third-order valence-electron chi connectivity index (χ3n) is 3.52. The van der Waals surface area contributed by atoms with Gasteiger partial charge in [-0.3, -0.25) is 4.79 Å². The van der Waals surface area contributed by atoms with Crippen molar-refractivity contribution in [1.82, 2.24) is 8.87 Å². The number of esters is 1. The fourth-order valence-electron chi connectivity index (χ4n) is 2.37. The molecule has 0 aromatic carbocycles. The number of rotatable bonds is 4. The van der Waals surface area contributed by atoms with E-state index in [9.17, 15) is 13.2 Å². The first kappa shape index (κ1) is 15.1. The van der Waals surface area contributed by atoms with Gasteiger partial charge in [-0.05, 0) is 25.8 Å². The van der Waals surface area contributed by atoms with Crippen LogP contribution in [0.3, 0.4) is 0 Å². The van der Waals surface area contributed by atoms with Crippen LogP contribution in [-0.2, 0) is 26.6 Å². The molecule has 112 valence electrons. The summed E-state index contributed by atoms with van der Waals surface area (Å²) in [6.07, 6.45) is 4.33. The zero-order chi connectivity index (χ0) is 14.8. The molecule has 1 aliphatic heterocycles. The number of nitrogens with zero attached hydrogens (tertiary/aromatic N) is 2. The molecule has 0 aliphatic carbocycles. The van der Waals surface area contributed by atoms with E-state index in [0.717, 1.165) is 0 Å². The summed E-state index contributed by atoms with van der Waals surface area (Å²) in [4.78, 5) is 11.9. The highest BCUT2D eigenvalue weighted by Crippen LogP contribution is 2.24. The Kier molecular flexibility index (Phi) is 4.49. The normalized spacial score (nSPS) is 18.1. The van der Waals surface area contributed by atoms with Gasteiger partial charge in [-0.25, -0.2) is 8.42 Å². The second kappa shape index (κ2) is 5.97. The smallest absolute Gasteiger partial charge is 0.309 e. The fraction of sp³-hybridized carbons (Fsp3) is 0.615. The van der Waals surface area contributed by atoms with Crippen molar-refractivity contribution < 1.29 is 17.9 Å². The Labute approximate surface area is 119 Å². The molecule has 2 rings (SSSR count). The van der Waals surface area contributed by atoms with Gasteiger partial charge in [-0.15, -0.1) is 0 Å². The Hall–Kier alpha value is -1.34. The molecule has 2 heterocycles. The molecule has 1 aliphatic rings. The number of aromatic nitrogens is 1. The van der Waals surface area contributed by atoms with E-state index in [2.05, 4.69) is 0 Å². The molecule has 0 amide bonds. The van der Waals surface area contributed by atoms with Gasteiger partial charge in [0.05, 0.1) is 17.4 Å². The highest BCUT2D eigenvalue weighted by atomic mass is 32.2. The number of aryl methyl sites for hydroxylation is 1. The lowest BCUT2D eigenvalue weighted by molar-refractivity contribution is -0.149. The molecule has 1 saturated heterocycles. The Balaban J connectivity index is 2.02. The average molecular weight is 300 g/mol. The molecule has 1 fully saturated rings. The van der Waals surface area contributed by atoms with E-state index < -0.39 is 10.0 Å². The number of carbonyl (C=O) groups is 1. The molecular formula is C13H20N2O4S. The van der Waals surface area contributed by atoms with Crippen LogP contribution in [0.15, 0.2) is 23.4 Å². The van der Waals surface area contributed by atoms with Crippen LogP contribution in [0.4, 0.5) is 0 Å². The van der Waals surface area contributed by atoms with E-state index in [1.165, 1.54) is 4.31 Å². The summed E-state index contributed by atoms with van der Waals surface area (Å²) in [5.74, 6) is -0.401. The molecule has 0 spiro atoms. The molecule has 0 N–H and O–H groups in total. The third-order valence-corrected chi connectivity index (χ3v) is 5.40. The van der Waals surface area contributed by atoms with Crippen LogP contribution in [0.5, 0.6) is 0 Å². The summed E-state index contributed by atoms with van der Waals surface area (Å²) in [7, 11) is -1.66. The third kappa shape index (κ3) is 3.04. The quantitative estimate of drug-likeness (QED) is 0.778. The van der Waals surface area contributed by atoms with Crippen LogP contribution < -0.4 is 0 Å². The molecular weight excluding hydrogens is 280 g/mol. The first-order valence-electron chi connectivity index (χ1n) is 6.74. The Morgan fingerprint density at radius 3 is 2.55 bits per heavy atom. The summed E-state index contributed by atoms with van der Waals surface area (Å²) < 4.78 is 32.9. The molecule has 0 radical (unpaired) electrons. The fourth-order valence-corrected chi connectivity index (χ4v) is 3.89. The van der Waals surface area contributed by atoms with Gasteiger partial charge in [0, 0.05) is 32.5 Å². The zero-order valence-electron chi connectivity index (χ0n) is 11.8. The minimum atomic E-state index is -3.44. The summed E-state index contributed by atoms with van der Waals surface area (Å²) in [6.45, 7) is 2.86. The maximum atomic E-state index is 12.4. The van der Waals surface area contributed by atoms with Crippen molar-refractivity contribution in [3.8, 4) is 0 Å². The van der Waals surface area contributed by atoms with Crippen LogP contribution in [0.2, 0.25) is 0 Å². The molecule has 1 aromatic heterocycles. The van der Waals surface area contributed by atoms with Crippen molar-refractivity contribution >= 4 is 16.0 Å². The Bertz CT molecular complexity index is 571. The van der Waals surface area contributed by atoms with Crippen molar-refractivity contribution in [3.05, 3.63) is 18.5 Å². The van der Waals surface area contributed by atoms with Crippen molar-refractivity contribution in [2.45, 2.75) is 24.7 Å². The Morgan fingerprint density at radius 1 is 1.40 bits per heavy atom. The first-order valence-corrected chi connectivity index (χ1v) is 8.18. The summed E-state index contributed by atoms with van der Waals surface area (Å²) >= 11 is 0. The van der Waals surface area contributed by atoms with E-state index in [0.29, 0.717) is 37.4 Å². The van der Waals surface area contributed by atoms with Gasteiger partial charge >= 0.3 is 5.97 Å². The van der Waals surface area contributed by atoms with Crippen LogP contribution in [0.1, 0.15) is 19.8 Å². The lowest BCUT2D eigenvalue weighted by Crippen LogP contribution is -2.40. The van der Waals surface area contributed by atoms with Crippen LogP contribution in [0.25, 0.3) is 0 Å². The monoisotopic (exact) mass is 300 g/mol. The van der Waals surface area contributed by atoms with E-state index >= 15 is 0 Å². The number of hydrogen-bond acceptors (Lipinski definition) is 4. The van der Waals surface area contributed by atoms with Crippen LogP contribution in [0, 0.1) is 5.92 Å². The van der Waals surface area contributed by atoms with Gasteiger partial charge in [0.25, 0.3) is 0 Å². The molecule has 1 aromatic rings. The first-order chi connectivity index (χ1) is 9.45. The van der Waals surface area contributed by atoms with Crippen LogP contribution in [-0.4, -0.2) is 43.0 Å². The van der Waals surface area contributed by atoms with E-state index in [-0.39, 0.29) is 11.9 Å². The molecule has 6 nitrogen and oxygen atoms in total. The number of piperidine rings is 1. The van der Waals surface area contributed by atoms with Crippen molar-refractivity contribution in [3.63, 3.8) is 0 Å². The maximum Gasteiger partial charge on any atom is 0.309 e. The van der Waals surface area contributed by atoms with Gasteiger partial charge < -0.3 is 9.30 Å².